The Hall–Kier alpha value is -1.69. The van der Waals surface area contributed by atoms with E-state index in [2.05, 4.69) is 15.3 Å². The van der Waals surface area contributed by atoms with Crippen molar-refractivity contribution in [1.82, 2.24) is 15.3 Å². The summed E-state index contributed by atoms with van der Waals surface area (Å²) in [6.45, 7) is 6.11. The SMILES string of the molecule is COC(=O)[C@]1(C(C)C)CC[C@@](C)(C(=O)NCc2nccnc2Cl)C1. The van der Waals surface area contributed by atoms with E-state index in [4.69, 9.17) is 16.3 Å². The topological polar surface area (TPSA) is 81.2 Å². The molecule has 2 rings (SSSR count). The van der Waals surface area contributed by atoms with Gasteiger partial charge < -0.3 is 10.1 Å². The highest BCUT2D eigenvalue weighted by molar-refractivity contribution is 6.29. The quantitative estimate of drug-likeness (QED) is 0.823. The zero-order valence-corrected chi connectivity index (χ0v) is 15.3. The van der Waals surface area contributed by atoms with E-state index < -0.39 is 10.8 Å². The van der Waals surface area contributed by atoms with E-state index in [1.54, 1.807) is 0 Å². The lowest BCUT2D eigenvalue weighted by Gasteiger charge is -2.32. The lowest BCUT2D eigenvalue weighted by atomic mass is 9.72. The van der Waals surface area contributed by atoms with E-state index in [9.17, 15) is 9.59 Å². The van der Waals surface area contributed by atoms with Crippen molar-refractivity contribution < 1.29 is 14.3 Å². The van der Waals surface area contributed by atoms with Crippen molar-refractivity contribution >= 4 is 23.5 Å². The van der Waals surface area contributed by atoms with Gasteiger partial charge in [0.1, 0.15) is 0 Å². The molecule has 24 heavy (non-hydrogen) atoms. The van der Waals surface area contributed by atoms with Crippen LogP contribution < -0.4 is 5.32 Å². The highest BCUT2D eigenvalue weighted by Gasteiger charge is 2.55. The van der Waals surface area contributed by atoms with Crippen LogP contribution >= 0.6 is 11.6 Å². The van der Waals surface area contributed by atoms with E-state index in [1.165, 1.54) is 19.5 Å². The summed E-state index contributed by atoms with van der Waals surface area (Å²) in [4.78, 5) is 33.1. The van der Waals surface area contributed by atoms with Crippen LogP contribution in [0.25, 0.3) is 0 Å². The van der Waals surface area contributed by atoms with E-state index in [-0.39, 0.29) is 29.5 Å². The van der Waals surface area contributed by atoms with Gasteiger partial charge in [-0.25, -0.2) is 4.98 Å². The molecule has 0 saturated heterocycles. The highest BCUT2D eigenvalue weighted by atomic mass is 35.5. The van der Waals surface area contributed by atoms with Crippen LogP contribution in [0.5, 0.6) is 0 Å². The Morgan fingerprint density at radius 1 is 1.33 bits per heavy atom. The third-order valence-corrected chi connectivity index (χ3v) is 5.53. The van der Waals surface area contributed by atoms with E-state index in [0.717, 1.165) is 0 Å². The third-order valence-electron chi connectivity index (χ3n) is 5.21. The van der Waals surface area contributed by atoms with Crippen molar-refractivity contribution in [2.45, 2.75) is 46.6 Å². The summed E-state index contributed by atoms with van der Waals surface area (Å²) in [6.07, 6.45) is 4.79. The molecule has 1 fully saturated rings. The Kier molecular flexibility index (Phi) is 5.48. The molecular weight excluding hydrogens is 330 g/mol. The number of amides is 1. The molecule has 1 amide bonds. The van der Waals surface area contributed by atoms with E-state index >= 15 is 0 Å². The maximum atomic E-state index is 12.7. The number of hydrogen-bond acceptors (Lipinski definition) is 5. The van der Waals surface area contributed by atoms with Gasteiger partial charge >= 0.3 is 5.97 Å². The van der Waals surface area contributed by atoms with Crippen molar-refractivity contribution in [1.29, 1.82) is 0 Å². The van der Waals surface area contributed by atoms with Crippen LogP contribution in [0.2, 0.25) is 5.15 Å². The first-order valence-electron chi connectivity index (χ1n) is 8.07. The Bertz CT molecular complexity index is 637. The van der Waals surface area contributed by atoms with E-state index in [0.29, 0.717) is 25.0 Å². The lowest BCUT2D eigenvalue weighted by Crippen LogP contribution is -2.41. The number of aromatic nitrogens is 2. The molecule has 7 heteroatoms. The van der Waals surface area contributed by atoms with Gasteiger partial charge in [0.15, 0.2) is 5.15 Å². The van der Waals surface area contributed by atoms with Crippen LogP contribution in [-0.2, 0) is 20.9 Å². The van der Waals surface area contributed by atoms with Gasteiger partial charge in [-0.1, -0.05) is 32.4 Å². The zero-order valence-electron chi connectivity index (χ0n) is 14.6. The summed E-state index contributed by atoms with van der Waals surface area (Å²) in [5.41, 5.74) is -0.699. The number of ether oxygens (including phenoxy) is 1. The zero-order chi connectivity index (χ0) is 18.0. The second-order valence-corrected chi connectivity index (χ2v) is 7.37. The molecule has 1 N–H and O–H groups in total. The number of methoxy groups -OCH3 is 1. The molecule has 0 spiro atoms. The molecule has 0 bridgehead atoms. The predicted molar refractivity (Wildman–Crippen MR) is 90.1 cm³/mol. The number of rotatable bonds is 5. The summed E-state index contributed by atoms with van der Waals surface area (Å²) in [5, 5.41) is 3.16. The Balaban J connectivity index is 2.10. The number of halogens is 1. The first-order chi connectivity index (χ1) is 11.2. The molecule has 0 aliphatic heterocycles. The van der Waals surface area contributed by atoms with Crippen LogP contribution in [0.15, 0.2) is 12.4 Å². The van der Waals surface area contributed by atoms with Gasteiger partial charge in [0.05, 0.1) is 24.8 Å². The van der Waals surface area contributed by atoms with Crippen LogP contribution in [0.3, 0.4) is 0 Å². The fraction of sp³-hybridized carbons (Fsp3) is 0.647. The van der Waals surface area contributed by atoms with Gasteiger partial charge in [-0.15, -0.1) is 0 Å². The second-order valence-electron chi connectivity index (χ2n) is 7.02. The lowest BCUT2D eigenvalue weighted by molar-refractivity contribution is -0.156. The predicted octanol–water partition coefficient (Wildman–Crippen LogP) is 2.75. The van der Waals surface area contributed by atoms with Crippen LogP contribution in [0, 0.1) is 16.7 Å². The van der Waals surface area contributed by atoms with Crippen molar-refractivity contribution in [3.05, 3.63) is 23.2 Å². The number of carbonyl (C=O) groups excluding carboxylic acids is 2. The van der Waals surface area contributed by atoms with Gasteiger partial charge in [0.2, 0.25) is 5.91 Å². The van der Waals surface area contributed by atoms with Crippen molar-refractivity contribution in [3.8, 4) is 0 Å². The molecule has 1 aliphatic rings. The number of hydrogen-bond donors (Lipinski definition) is 1. The molecule has 0 aromatic carbocycles. The molecule has 1 heterocycles. The second kappa shape index (κ2) is 7.05. The fourth-order valence-corrected chi connectivity index (χ4v) is 3.69. The van der Waals surface area contributed by atoms with Crippen LogP contribution in [0.4, 0.5) is 0 Å². The summed E-state index contributed by atoms with van der Waals surface area (Å²) in [5.74, 6) is -0.226. The summed E-state index contributed by atoms with van der Waals surface area (Å²) in [7, 11) is 1.40. The molecule has 2 atom stereocenters. The maximum Gasteiger partial charge on any atom is 0.312 e. The standard InChI is InChI=1S/C17H24ClN3O3/c1-11(2)17(15(23)24-4)6-5-16(3,10-17)14(22)21-9-12-13(18)20-8-7-19-12/h7-8,11H,5-6,9-10H2,1-4H3,(H,21,22)/t16-,17-/m1/s1. The average Bonchev–Trinajstić information content (AvgIpc) is 2.94. The highest BCUT2D eigenvalue weighted by Crippen LogP contribution is 2.54. The minimum Gasteiger partial charge on any atom is -0.469 e. The van der Waals surface area contributed by atoms with Crippen molar-refractivity contribution in [2.75, 3.05) is 7.11 Å². The number of nitrogens with one attached hydrogen (secondary N) is 1. The molecule has 0 unspecified atom stereocenters. The van der Waals surface area contributed by atoms with Gasteiger partial charge in [0.25, 0.3) is 0 Å². The summed E-state index contributed by atoms with van der Waals surface area (Å²) < 4.78 is 5.01. The fourth-order valence-electron chi connectivity index (χ4n) is 3.52. The molecule has 0 radical (unpaired) electrons. The van der Waals surface area contributed by atoms with Gasteiger partial charge in [0, 0.05) is 17.8 Å². The smallest absolute Gasteiger partial charge is 0.312 e. The summed E-state index contributed by atoms with van der Waals surface area (Å²) in [6, 6.07) is 0. The Morgan fingerprint density at radius 3 is 2.58 bits per heavy atom. The minimum atomic E-state index is -0.618. The van der Waals surface area contributed by atoms with Crippen molar-refractivity contribution in [2.24, 2.45) is 16.7 Å². The van der Waals surface area contributed by atoms with E-state index in [1.807, 2.05) is 20.8 Å². The maximum absolute atomic E-state index is 12.7. The Labute approximate surface area is 147 Å². The largest absolute Gasteiger partial charge is 0.469 e. The molecule has 6 nitrogen and oxygen atoms in total. The van der Waals surface area contributed by atoms with Crippen LogP contribution in [-0.4, -0.2) is 29.0 Å². The minimum absolute atomic E-state index is 0.101. The first kappa shape index (κ1) is 18.6. The number of carbonyl (C=O) groups is 2. The third kappa shape index (κ3) is 3.38. The number of esters is 1. The molecule has 1 aliphatic carbocycles. The van der Waals surface area contributed by atoms with Gasteiger partial charge in [-0.2, -0.15) is 0 Å². The molecule has 1 aromatic rings. The van der Waals surface area contributed by atoms with Crippen molar-refractivity contribution in [3.63, 3.8) is 0 Å². The van der Waals surface area contributed by atoms with Gasteiger partial charge in [-0.05, 0) is 25.2 Å². The average molecular weight is 354 g/mol. The molecule has 132 valence electrons. The Morgan fingerprint density at radius 2 is 2.00 bits per heavy atom. The molecule has 1 saturated carbocycles. The summed E-state index contributed by atoms with van der Waals surface area (Å²) >= 11 is 5.96. The van der Waals surface area contributed by atoms with Gasteiger partial charge in [-0.3, -0.25) is 14.6 Å². The molecule has 1 aromatic heterocycles. The van der Waals surface area contributed by atoms with Crippen LogP contribution in [0.1, 0.15) is 45.7 Å². The number of nitrogens with zero attached hydrogens (tertiary/aromatic N) is 2. The monoisotopic (exact) mass is 353 g/mol. The molecular formula is C17H24ClN3O3. The normalized spacial score (nSPS) is 26.4. The first-order valence-corrected chi connectivity index (χ1v) is 8.45.